The van der Waals surface area contributed by atoms with E-state index in [-0.39, 0.29) is 0 Å². The Morgan fingerprint density at radius 1 is 1.31 bits per heavy atom. The molecule has 2 rings (SSSR count). The molecule has 0 saturated carbocycles. The van der Waals surface area contributed by atoms with Crippen LogP contribution in [0.5, 0.6) is 0 Å². The largest absolute Gasteiger partial charge is 0.416 e. The predicted octanol–water partition coefficient (Wildman–Crippen LogP) is 3.66. The third-order valence-electron chi connectivity index (χ3n) is 2.59. The van der Waals surface area contributed by atoms with Crippen molar-refractivity contribution in [3.05, 3.63) is 33.8 Å². The first-order valence-corrected chi connectivity index (χ1v) is 5.69. The van der Waals surface area contributed by atoms with Gasteiger partial charge in [-0.2, -0.15) is 13.2 Å². The average Bonchev–Trinajstić information content (AvgIpc) is 2.11. The van der Waals surface area contributed by atoms with Crippen LogP contribution in [0.3, 0.4) is 0 Å². The van der Waals surface area contributed by atoms with E-state index in [0.717, 1.165) is 10.5 Å². The number of benzene rings is 1. The van der Waals surface area contributed by atoms with Crippen molar-refractivity contribution in [1.29, 1.82) is 0 Å². The van der Waals surface area contributed by atoms with Gasteiger partial charge in [-0.25, -0.2) is 0 Å². The Kier molecular flexibility index (Phi) is 3.26. The second-order valence-corrected chi connectivity index (χ2v) is 4.77. The molecule has 1 aliphatic rings. The van der Waals surface area contributed by atoms with Crippen LogP contribution < -0.4 is 0 Å². The minimum Gasteiger partial charge on any atom is -0.381 e. The van der Waals surface area contributed by atoms with Crippen LogP contribution in [-0.4, -0.2) is 13.2 Å². The molecular weight excluding hydrogens is 285 g/mol. The molecule has 88 valence electrons. The Morgan fingerprint density at radius 2 is 2.00 bits per heavy atom. The monoisotopic (exact) mass is 294 g/mol. The number of hydrogen-bond acceptors (Lipinski definition) is 1. The van der Waals surface area contributed by atoms with Gasteiger partial charge in [-0.1, -0.05) is 15.9 Å². The molecule has 0 N–H and O–H groups in total. The first-order chi connectivity index (χ1) is 7.47. The van der Waals surface area contributed by atoms with Gasteiger partial charge in [0.1, 0.15) is 0 Å². The van der Waals surface area contributed by atoms with Gasteiger partial charge in [0.2, 0.25) is 0 Å². The second kappa shape index (κ2) is 4.37. The Labute approximate surface area is 99.7 Å². The van der Waals surface area contributed by atoms with Gasteiger partial charge in [0, 0.05) is 10.4 Å². The van der Waals surface area contributed by atoms with E-state index in [2.05, 4.69) is 15.9 Å². The zero-order valence-electron chi connectivity index (χ0n) is 8.35. The van der Waals surface area contributed by atoms with E-state index in [1.165, 1.54) is 12.1 Å². The molecule has 1 aliphatic heterocycles. The summed E-state index contributed by atoms with van der Waals surface area (Å²) in [5.41, 5.74) is 0.106. The van der Waals surface area contributed by atoms with Crippen LogP contribution in [0.25, 0.3) is 0 Å². The summed E-state index contributed by atoms with van der Waals surface area (Å²) in [5, 5.41) is 0. The number of hydrogen-bond donors (Lipinski definition) is 0. The van der Waals surface area contributed by atoms with Gasteiger partial charge in [0.15, 0.2) is 0 Å². The summed E-state index contributed by atoms with van der Waals surface area (Å²) in [6.45, 7) is 1.28. The lowest BCUT2D eigenvalue weighted by atomic mass is 9.97. The minimum atomic E-state index is -4.27. The van der Waals surface area contributed by atoms with Crippen LogP contribution in [-0.2, 0) is 17.3 Å². The maximum atomic E-state index is 12.5. The third kappa shape index (κ3) is 2.58. The fourth-order valence-corrected chi connectivity index (χ4v) is 2.03. The lowest BCUT2D eigenvalue weighted by molar-refractivity contribution is -0.137. The molecule has 1 aromatic carbocycles. The number of ether oxygens (including phenoxy) is 1. The molecule has 0 spiro atoms. The predicted molar refractivity (Wildman–Crippen MR) is 57.2 cm³/mol. The molecule has 16 heavy (non-hydrogen) atoms. The van der Waals surface area contributed by atoms with Crippen molar-refractivity contribution in [2.45, 2.75) is 12.6 Å². The molecule has 0 amide bonds. The van der Waals surface area contributed by atoms with Crippen molar-refractivity contribution in [3.63, 3.8) is 0 Å². The smallest absolute Gasteiger partial charge is 0.381 e. The van der Waals surface area contributed by atoms with Gasteiger partial charge < -0.3 is 4.74 Å². The van der Waals surface area contributed by atoms with Gasteiger partial charge in [-0.3, -0.25) is 0 Å². The minimum absolute atomic E-state index is 0.347. The van der Waals surface area contributed by atoms with E-state index in [4.69, 9.17) is 4.74 Å². The van der Waals surface area contributed by atoms with E-state index < -0.39 is 11.7 Å². The fraction of sp³-hybridized carbons (Fsp3) is 0.455. The van der Waals surface area contributed by atoms with Crippen LogP contribution in [0.1, 0.15) is 11.1 Å². The maximum absolute atomic E-state index is 12.5. The molecule has 1 fully saturated rings. The molecule has 1 nitrogen and oxygen atoms in total. The Morgan fingerprint density at radius 3 is 2.50 bits per heavy atom. The molecule has 0 aromatic heterocycles. The van der Waals surface area contributed by atoms with Crippen LogP contribution in [0.15, 0.2) is 22.7 Å². The third-order valence-corrected chi connectivity index (χ3v) is 3.36. The number of alkyl halides is 3. The van der Waals surface area contributed by atoms with E-state index in [0.29, 0.717) is 31.1 Å². The maximum Gasteiger partial charge on any atom is 0.416 e. The van der Waals surface area contributed by atoms with Gasteiger partial charge >= 0.3 is 6.18 Å². The molecule has 1 heterocycles. The molecule has 1 aromatic rings. The molecule has 5 heteroatoms. The highest BCUT2D eigenvalue weighted by atomic mass is 79.9. The Balaban J connectivity index is 2.21. The summed E-state index contributed by atoms with van der Waals surface area (Å²) in [6.07, 6.45) is -3.64. The lowest BCUT2D eigenvalue weighted by Gasteiger charge is -2.26. The van der Waals surface area contributed by atoms with E-state index in [9.17, 15) is 13.2 Å². The van der Waals surface area contributed by atoms with Crippen molar-refractivity contribution in [2.24, 2.45) is 5.92 Å². The molecule has 0 aliphatic carbocycles. The number of rotatable bonds is 2. The normalized spacial score (nSPS) is 17.2. The first-order valence-electron chi connectivity index (χ1n) is 4.90. The van der Waals surface area contributed by atoms with E-state index >= 15 is 0 Å². The first kappa shape index (κ1) is 11.9. The zero-order valence-corrected chi connectivity index (χ0v) is 9.94. The lowest BCUT2D eigenvalue weighted by Crippen LogP contribution is -2.29. The van der Waals surface area contributed by atoms with Crippen LogP contribution in [0.2, 0.25) is 0 Å². The average molecular weight is 295 g/mol. The topological polar surface area (TPSA) is 9.23 Å². The SMILES string of the molecule is FC(F)(F)c1ccc(Br)c(CC2COC2)c1. The molecular formula is C11H10BrF3O. The summed E-state index contributed by atoms with van der Waals surface area (Å²) in [6, 6.07) is 3.75. The highest BCUT2D eigenvalue weighted by Gasteiger charge is 2.31. The quantitative estimate of drug-likeness (QED) is 0.809. The summed E-state index contributed by atoms with van der Waals surface area (Å²) < 4.78 is 43.2. The van der Waals surface area contributed by atoms with Gasteiger partial charge in [-0.05, 0) is 30.2 Å². The zero-order chi connectivity index (χ0) is 11.8. The second-order valence-electron chi connectivity index (χ2n) is 3.91. The summed E-state index contributed by atoms with van der Waals surface area (Å²) in [5.74, 6) is 0.347. The van der Waals surface area contributed by atoms with Gasteiger partial charge in [-0.15, -0.1) is 0 Å². The fourth-order valence-electron chi connectivity index (χ4n) is 1.62. The molecule has 0 radical (unpaired) electrons. The van der Waals surface area contributed by atoms with Crippen LogP contribution >= 0.6 is 15.9 Å². The molecule has 1 saturated heterocycles. The molecule has 0 atom stereocenters. The van der Waals surface area contributed by atoms with Crippen molar-refractivity contribution in [3.8, 4) is 0 Å². The van der Waals surface area contributed by atoms with Crippen LogP contribution in [0, 0.1) is 5.92 Å². The highest BCUT2D eigenvalue weighted by Crippen LogP contribution is 2.33. The van der Waals surface area contributed by atoms with E-state index in [1.807, 2.05) is 0 Å². The van der Waals surface area contributed by atoms with Gasteiger partial charge in [0.05, 0.1) is 18.8 Å². The molecule has 0 bridgehead atoms. The molecule has 0 unspecified atom stereocenters. The summed E-state index contributed by atoms with van der Waals surface area (Å²) in [4.78, 5) is 0. The highest BCUT2D eigenvalue weighted by molar-refractivity contribution is 9.10. The van der Waals surface area contributed by atoms with Gasteiger partial charge in [0.25, 0.3) is 0 Å². The Hall–Kier alpha value is -0.550. The van der Waals surface area contributed by atoms with Crippen molar-refractivity contribution >= 4 is 15.9 Å². The standard InChI is InChI=1S/C11H10BrF3O/c12-10-2-1-9(11(13,14)15)4-8(10)3-7-5-16-6-7/h1-2,4,7H,3,5-6H2. The Bertz CT molecular complexity index is 385. The summed E-state index contributed by atoms with van der Waals surface area (Å²) >= 11 is 3.27. The number of halogens is 4. The van der Waals surface area contributed by atoms with E-state index in [1.54, 1.807) is 0 Å². The van der Waals surface area contributed by atoms with Crippen molar-refractivity contribution < 1.29 is 17.9 Å². The van der Waals surface area contributed by atoms with Crippen molar-refractivity contribution in [2.75, 3.05) is 13.2 Å². The summed E-state index contributed by atoms with van der Waals surface area (Å²) in [7, 11) is 0. The van der Waals surface area contributed by atoms with Crippen LogP contribution in [0.4, 0.5) is 13.2 Å². The van der Waals surface area contributed by atoms with Crippen molar-refractivity contribution in [1.82, 2.24) is 0 Å².